The Kier molecular flexibility index (Phi) is 8.17. The zero-order valence-electron chi connectivity index (χ0n) is 18.9. The van der Waals surface area contributed by atoms with Gasteiger partial charge < -0.3 is 15.8 Å². The predicted molar refractivity (Wildman–Crippen MR) is 143 cm³/mol. The second kappa shape index (κ2) is 11.7. The van der Waals surface area contributed by atoms with Crippen LogP contribution in [0.2, 0.25) is 0 Å². The third-order valence-corrected chi connectivity index (χ3v) is 6.86. The highest BCUT2D eigenvalue weighted by molar-refractivity contribution is 8.26. The smallest absolute Gasteiger partial charge is 0.196 e. The summed E-state index contributed by atoms with van der Waals surface area (Å²) in [6.45, 7) is 0.763. The van der Waals surface area contributed by atoms with Crippen molar-refractivity contribution in [1.82, 2.24) is 4.98 Å². The van der Waals surface area contributed by atoms with Crippen molar-refractivity contribution < 1.29 is 9.53 Å². The van der Waals surface area contributed by atoms with Gasteiger partial charge in [0.1, 0.15) is 11.3 Å². The molecule has 0 aliphatic carbocycles. The fourth-order valence-electron chi connectivity index (χ4n) is 3.42. The number of thioether (sulfide) groups is 1. The van der Waals surface area contributed by atoms with Gasteiger partial charge >= 0.3 is 0 Å². The van der Waals surface area contributed by atoms with Crippen molar-refractivity contribution in [1.29, 1.82) is 0 Å². The fraction of sp³-hybridized carbons (Fsp3) is 0.192. The Balaban J connectivity index is 1.24. The fourth-order valence-corrected chi connectivity index (χ4v) is 4.92. The van der Waals surface area contributed by atoms with Crippen molar-refractivity contribution in [2.45, 2.75) is 19.3 Å². The number of nitrogens with two attached hydrogens (primary N) is 1. The first kappa shape index (κ1) is 23.8. The maximum atomic E-state index is 12.2. The van der Waals surface area contributed by atoms with Gasteiger partial charge in [-0.3, -0.25) is 4.79 Å². The molecule has 3 N–H and O–H groups in total. The summed E-state index contributed by atoms with van der Waals surface area (Å²) in [6.07, 6.45) is 1.98. The first-order chi connectivity index (χ1) is 16.6. The molecule has 0 spiro atoms. The SMILES string of the molecule is COc1cccc2sc(NCCc3ccc(N=C(N)SC(=O)CCc4ccccc4)cc3)nc12. The lowest BCUT2D eigenvalue weighted by Crippen LogP contribution is -2.10. The maximum Gasteiger partial charge on any atom is 0.196 e. The Hall–Kier alpha value is -3.36. The van der Waals surface area contributed by atoms with E-state index < -0.39 is 0 Å². The summed E-state index contributed by atoms with van der Waals surface area (Å²) in [5, 5.41) is 4.54. The van der Waals surface area contributed by atoms with E-state index in [4.69, 9.17) is 10.5 Å². The number of methoxy groups -OCH3 is 1. The molecule has 0 aliphatic rings. The third kappa shape index (κ3) is 6.59. The second-order valence-electron chi connectivity index (χ2n) is 7.58. The van der Waals surface area contributed by atoms with Crippen LogP contribution in [-0.2, 0) is 17.6 Å². The highest BCUT2D eigenvalue weighted by atomic mass is 32.2. The van der Waals surface area contributed by atoms with E-state index >= 15 is 0 Å². The molecule has 0 radical (unpaired) electrons. The number of thiazole rings is 1. The number of nitrogens with zero attached hydrogens (tertiary/aromatic N) is 2. The zero-order valence-corrected chi connectivity index (χ0v) is 20.5. The molecule has 0 saturated heterocycles. The summed E-state index contributed by atoms with van der Waals surface area (Å²) in [6, 6.07) is 23.8. The number of rotatable bonds is 9. The van der Waals surface area contributed by atoms with E-state index in [9.17, 15) is 4.79 Å². The van der Waals surface area contributed by atoms with Crippen LogP contribution in [0.5, 0.6) is 5.75 Å². The Morgan fingerprint density at radius 2 is 1.79 bits per heavy atom. The van der Waals surface area contributed by atoms with E-state index in [0.717, 1.165) is 57.1 Å². The van der Waals surface area contributed by atoms with Crippen molar-refractivity contribution >= 4 is 54.4 Å². The van der Waals surface area contributed by atoms with Crippen molar-refractivity contribution in [3.63, 3.8) is 0 Å². The molecule has 0 fully saturated rings. The molecule has 4 aromatic rings. The average Bonchev–Trinajstić information content (AvgIpc) is 3.27. The summed E-state index contributed by atoms with van der Waals surface area (Å²) < 4.78 is 6.48. The van der Waals surface area contributed by atoms with Crippen LogP contribution in [0, 0.1) is 0 Å². The Morgan fingerprint density at radius 1 is 1.03 bits per heavy atom. The lowest BCUT2D eigenvalue weighted by molar-refractivity contribution is -0.110. The predicted octanol–water partition coefficient (Wildman–Crippen LogP) is 5.80. The molecular weight excluding hydrogens is 464 g/mol. The maximum absolute atomic E-state index is 12.2. The Bertz CT molecular complexity index is 1270. The molecule has 0 aliphatic heterocycles. The van der Waals surface area contributed by atoms with Crippen molar-refractivity contribution in [3.8, 4) is 5.75 Å². The zero-order chi connectivity index (χ0) is 23.8. The summed E-state index contributed by atoms with van der Waals surface area (Å²) in [5.41, 5.74) is 9.91. The molecule has 4 rings (SSSR count). The number of ether oxygens (including phenoxy) is 1. The van der Waals surface area contributed by atoms with E-state index in [0.29, 0.717) is 12.8 Å². The van der Waals surface area contributed by atoms with Gasteiger partial charge in [-0.1, -0.05) is 59.9 Å². The number of aryl methyl sites for hydroxylation is 1. The summed E-state index contributed by atoms with van der Waals surface area (Å²) >= 11 is 2.61. The molecule has 0 atom stereocenters. The van der Waals surface area contributed by atoms with Crippen LogP contribution >= 0.6 is 23.1 Å². The van der Waals surface area contributed by atoms with E-state index in [1.54, 1.807) is 18.4 Å². The van der Waals surface area contributed by atoms with Gasteiger partial charge in [0, 0.05) is 13.0 Å². The second-order valence-corrected chi connectivity index (χ2v) is 9.69. The number of aliphatic imine (C=N–C) groups is 1. The first-order valence-corrected chi connectivity index (χ1v) is 12.6. The number of nitrogens with one attached hydrogen (secondary N) is 1. The first-order valence-electron chi connectivity index (χ1n) is 11.0. The number of carbonyl (C=O) groups is 1. The topological polar surface area (TPSA) is 89.6 Å². The minimum Gasteiger partial charge on any atom is -0.494 e. The largest absolute Gasteiger partial charge is 0.494 e. The molecule has 8 heteroatoms. The van der Waals surface area contributed by atoms with Crippen LogP contribution in [-0.4, -0.2) is 28.9 Å². The number of para-hydroxylation sites is 1. The molecule has 34 heavy (non-hydrogen) atoms. The van der Waals surface area contributed by atoms with Gasteiger partial charge in [-0.2, -0.15) is 0 Å². The van der Waals surface area contributed by atoms with E-state index in [-0.39, 0.29) is 10.3 Å². The standard InChI is InChI=1S/C26H26N4O2S2/c1-32-21-8-5-9-22-24(21)30-26(33-22)28-17-16-19-10-13-20(14-11-19)29-25(27)34-23(31)15-12-18-6-3-2-4-7-18/h2-11,13-14H,12,15-17H2,1H3,(H2,27,29)(H,28,30). The van der Waals surface area contributed by atoms with E-state index in [1.165, 1.54) is 5.56 Å². The molecule has 3 aromatic carbocycles. The summed E-state index contributed by atoms with van der Waals surface area (Å²) in [4.78, 5) is 21.2. The highest BCUT2D eigenvalue weighted by Crippen LogP contribution is 2.32. The molecule has 174 valence electrons. The van der Waals surface area contributed by atoms with Crippen molar-refractivity contribution in [3.05, 3.63) is 83.9 Å². The Morgan fingerprint density at radius 3 is 2.56 bits per heavy atom. The molecule has 0 bridgehead atoms. The van der Waals surface area contributed by atoms with Crippen LogP contribution in [0.1, 0.15) is 17.5 Å². The van der Waals surface area contributed by atoms with Crippen LogP contribution in [0.3, 0.4) is 0 Å². The van der Waals surface area contributed by atoms with Gasteiger partial charge in [0.2, 0.25) is 0 Å². The lowest BCUT2D eigenvalue weighted by atomic mass is 10.1. The highest BCUT2D eigenvalue weighted by Gasteiger charge is 2.09. The van der Waals surface area contributed by atoms with Crippen molar-refractivity contribution in [2.24, 2.45) is 10.7 Å². The van der Waals surface area contributed by atoms with Gasteiger partial charge in [-0.15, -0.1) is 0 Å². The number of amidine groups is 1. The summed E-state index contributed by atoms with van der Waals surface area (Å²) in [7, 11) is 1.66. The average molecular weight is 491 g/mol. The molecule has 0 saturated carbocycles. The van der Waals surface area contributed by atoms with Gasteiger partial charge in [0.25, 0.3) is 0 Å². The molecular formula is C26H26N4O2S2. The number of benzene rings is 3. The minimum absolute atomic E-state index is 0.0141. The number of fused-ring (bicyclic) bond motifs is 1. The summed E-state index contributed by atoms with van der Waals surface area (Å²) in [5.74, 6) is 0.785. The number of hydrogen-bond acceptors (Lipinski definition) is 7. The third-order valence-electron chi connectivity index (χ3n) is 5.15. The van der Waals surface area contributed by atoms with Crippen LogP contribution in [0.4, 0.5) is 10.8 Å². The molecule has 1 heterocycles. The number of anilines is 1. The molecule has 0 amide bonds. The molecule has 0 unspecified atom stereocenters. The van der Waals surface area contributed by atoms with Gasteiger partial charge in [-0.25, -0.2) is 9.98 Å². The van der Waals surface area contributed by atoms with Crippen molar-refractivity contribution in [2.75, 3.05) is 19.0 Å². The normalized spacial score (nSPS) is 11.5. The van der Waals surface area contributed by atoms with Crippen LogP contribution < -0.4 is 15.8 Å². The van der Waals surface area contributed by atoms with Gasteiger partial charge in [-0.05, 0) is 60.0 Å². The van der Waals surface area contributed by atoms with E-state index in [2.05, 4.69) is 15.3 Å². The lowest BCUT2D eigenvalue weighted by Gasteiger charge is -2.04. The monoisotopic (exact) mass is 490 g/mol. The Labute approximate surface area is 207 Å². The minimum atomic E-state index is 0.0141. The number of hydrogen-bond donors (Lipinski definition) is 2. The quantitative estimate of drug-likeness (QED) is 0.228. The van der Waals surface area contributed by atoms with Crippen LogP contribution in [0.25, 0.3) is 10.2 Å². The van der Waals surface area contributed by atoms with Gasteiger partial charge in [0.05, 0.1) is 17.5 Å². The molecule has 6 nitrogen and oxygen atoms in total. The number of carbonyl (C=O) groups excluding carboxylic acids is 1. The van der Waals surface area contributed by atoms with E-state index in [1.807, 2.05) is 72.8 Å². The molecule has 1 aromatic heterocycles. The van der Waals surface area contributed by atoms with Gasteiger partial charge in [0.15, 0.2) is 15.4 Å². The number of aromatic nitrogens is 1. The van der Waals surface area contributed by atoms with Crippen LogP contribution in [0.15, 0.2) is 77.8 Å².